The van der Waals surface area contributed by atoms with Crippen molar-refractivity contribution < 1.29 is 19.1 Å². The molecule has 0 aromatic heterocycles. The van der Waals surface area contributed by atoms with Gasteiger partial charge < -0.3 is 14.8 Å². The van der Waals surface area contributed by atoms with Crippen LogP contribution in [0.3, 0.4) is 0 Å². The number of imide groups is 1. The summed E-state index contributed by atoms with van der Waals surface area (Å²) in [5.41, 5.74) is -0.602. The van der Waals surface area contributed by atoms with E-state index in [1.54, 1.807) is 20.8 Å². The average molecular weight is 228 g/mol. The number of hydrogen-bond donors (Lipinski definition) is 1. The normalized spacial score (nSPS) is 28.9. The third-order valence-electron chi connectivity index (χ3n) is 2.50. The zero-order valence-corrected chi connectivity index (χ0v) is 9.65. The van der Waals surface area contributed by atoms with Crippen molar-refractivity contribution in [3.8, 4) is 0 Å². The van der Waals surface area contributed by atoms with E-state index in [2.05, 4.69) is 5.32 Å². The van der Waals surface area contributed by atoms with Gasteiger partial charge in [0.25, 0.3) is 0 Å². The lowest BCUT2D eigenvalue weighted by Gasteiger charge is -2.25. The molecule has 2 aliphatic heterocycles. The molecule has 2 fully saturated rings. The Bertz CT molecular complexity index is 323. The molecule has 0 aromatic rings. The highest BCUT2D eigenvalue weighted by molar-refractivity contribution is 5.93. The first kappa shape index (κ1) is 11.2. The number of nitrogens with one attached hydrogen (secondary N) is 1. The van der Waals surface area contributed by atoms with Crippen LogP contribution in [0.1, 0.15) is 20.8 Å². The zero-order valence-electron chi connectivity index (χ0n) is 9.65. The van der Waals surface area contributed by atoms with Gasteiger partial charge in [-0.1, -0.05) is 0 Å². The van der Waals surface area contributed by atoms with Crippen molar-refractivity contribution in [2.45, 2.75) is 38.5 Å². The summed E-state index contributed by atoms with van der Waals surface area (Å²) < 4.78 is 10.4. The van der Waals surface area contributed by atoms with Gasteiger partial charge in [0.05, 0.1) is 25.3 Å². The van der Waals surface area contributed by atoms with E-state index in [-0.39, 0.29) is 12.1 Å². The van der Waals surface area contributed by atoms with E-state index in [1.807, 2.05) is 0 Å². The van der Waals surface area contributed by atoms with Gasteiger partial charge in [-0.25, -0.2) is 14.5 Å². The van der Waals surface area contributed by atoms with Crippen LogP contribution in [-0.2, 0) is 9.47 Å². The molecular formula is C10H16N2O4. The number of carbonyl (C=O) groups excluding carboxylic acids is 2. The van der Waals surface area contributed by atoms with Crippen LogP contribution in [0.25, 0.3) is 0 Å². The van der Waals surface area contributed by atoms with Gasteiger partial charge in [-0.05, 0) is 20.8 Å². The van der Waals surface area contributed by atoms with Gasteiger partial charge >= 0.3 is 12.1 Å². The van der Waals surface area contributed by atoms with Crippen molar-refractivity contribution in [2.24, 2.45) is 0 Å². The number of rotatable bonds is 0. The SMILES string of the molecule is CC(C)(C)OC(=O)N1C(=O)NC2COCC21. The number of carbonyl (C=O) groups is 2. The lowest BCUT2D eigenvalue weighted by molar-refractivity contribution is 0.0274. The number of urea groups is 1. The predicted octanol–water partition coefficient (Wildman–Crippen LogP) is 0.714. The monoisotopic (exact) mass is 228 g/mol. The van der Waals surface area contributed by atoms with Gasteiger partial charge in [-0.15, -0.1) is 0 Å². The van der Waals surface area contributed by atoms with Gasteiger partial charge in [-0.3, -0.25) is 0 Å². The van der Waals surface area contributed by atoms with Gasteiger partial charge in [-0.2, -0.15) is 0 Å². The highest BCUT2D eigenvalue weighted by Crippen LogP contribution is 2.22. The highest BCUT2D eigenvalue weighted by Gasteiger charge is 2.47. The molecule has 0 saturated carbocycles. The molecule has 2 aliphatic rings. The maximum atomic E-state index is 11.8. The van der Waals surface area contributed by atoms with Crippen molar-refractivity contribution in [2.75, 3.05) is 13.2 Å². The summed E-state index contributed by atoms with van der Waals surface area (Å²) in [6, 6.07) is -0.727. The molecule has 0 bridgehead atoms. The Hall–Kier alpha value is -1.30. The highest BCUT2D eigenvalue weighted by atomic mass is 16.6. The molecule has 6 nitrogen and oxygen atoms in total. The van der Waals surface area contributed by atoms with Crippen LogP contribution in [0.2, 0.25) is 0 Å². The molecule has 90 valence electrons. The number of hydrogen-bond acceptors (Lipinski definition) is 4. The fourth-order valence-electron chi connectivity index (χ4n) is 1.84. The maximum Gasteiger partial charge on any atom is 0.418 e. The average Bonchev–Trinajstić information content (AvgIpc) is 2.58. The Morgan fingerprint density at radius 2 is 2.19 bits per heavy atom. The number of ether oxygens (including phenoxy) is 2. The van der Waals surface area contributed by atoms with Gasteiger partial charge in [0.1, 0.15) is 5.60 Å². The Kier molecular flexibility index (Phi) is 2.53. The lowest BCUT2D eigenvalue weighted by Crippen LogP contribution is -2.44. The fourth-order valence-corrected chi connectivity index (χ4v) is 1.84. The second-order valence-corrected chi connectivity index (χ2v) is 5.01. The Morgan fingerprint density at radius 1 is 1.50 bits per heavy atom. The minimum atomic E-state index is -0.608. The lowest BCUT2D eigenvalue weighted by atomic mass is 10.2. The van der Waals surface area contributed by atoms with Crippen LogP contribution in [0, 0.1) is 0 Å². The van der Waals surface area contributed by atoms with E-state index in [9.17, 15) is 9.59 Å². The minimum Gasteiger partial charge on any atom is -0.443 e. The summed E-state index contributed by atoms with van der Waals surface area (Å²) in [6.45, 7) is 6.13. The quantitative estimate of drug-likeness (QED) is 0.663. The van der Waals surface area contributed by atoms with Crippen molar-refractivity contribution in [1.29, 1.82) is 0 Å². The van der Waals surface area contributed by atoms with E-state index in [4.69, 9.17) is 9.47 Å². The van der Waals surface area contributed by atoms with Crippen LogP contribution in [0.5, 0.6) is 0 Å². The Labute approximate surface area is 93.9 Å². The summed E-state index contributed by atoms with van der Waals surface area (Å²) in [5.74, 6) is 0. The number of nitrogens with zero attached hydrogens (tertiary/aromatic N) is 1. The van der Waals surface area contributed by atoms with E-state index >= 15 is 0 Å². The fraction of sp³-hybridized carbons (Fsp3) is 0.800. The molecule has 0 aliphatic carbocycles. The van der Waals surface area contributed by atoms with Crippen molar-refractivity contribution in [3.05, 3.63) is 0 Å². The van der Waals surface area contributed by atoms with Gasteiger partial charge in [0.2, 0.25) is 0 Å². The number of amides is 3. The maximum absolute atomic E-state index is 11.8. The molecule has 2 atom stereocenters. The molecule has 1 N–H and O–H groups in total. The van der Waals surface area contributed by atoms with Crippen LogP contribution in [0.15, 0.2) is 0 Å². The molecule has 2 rings (SSSR count). The van der Waals surface area contributed by atoms with Gasteiger partial charge in [0.15, 0.2) is 0 Å². The first-order valence-corrected chi connectivity index (χ1v) is 5.29. The molecule has 2 heterocycles. The minimum absolute atomic E-state index is 0.0972. The zero-order chi connectivity index (χ0) is 11.9. The molecule has 3 amide bonds. The van der Waals surface area contributed by atoms with Crippen LogP contribution >= 0.6 is 0 Å². The van der Waals surface area contributed by atoms with E-state index in [0.717, 1.165) is 4.90 Å². The summed E-state index contributed by atoms with van der Waals surface area (Å²) in [4.78, 5) is 24.5. The second kappa shape index (κ2) is 3.62. The van der Waals surface area contributed by atoms with Crippen LogP contribution < -0.4 is 5.32 Å². The summed E-state index contributed by atoms with van der Waals surface area (Å²) in [5, 5.41) is 2.69. The van der Waals surface area contributed by atoms with E-state index < -0.39 is 17.7 Å². The predicted molar refractivity (Wildman–Crippen MR) is 55.0 cm³/mol. The molecule has 2 unspecified atom stereocenters. The summed E-state index contributed by atoms with van der Waals surface area (Å²) in [7, 11) is 0. The van der Waals surface area contributed by atoms with Crippen molar-refractivity contribution in [1.82, 2.24) is 10.2 Å². The van der Waals surface area contributed by atoms with Gasteiger partial charge in [0, 0.05) is 0 Å². The van der Waals surface area contributed by atoms with E-state index in [1.165, 1.54) is 0 Å². The Balaban J connectivity index is 2.08. The topological polar surface area (TPSA) is 67.9 Å². The molecular weight excluding hydrogens is 212 g/mol. The standard InChI is InChI=1S/C10H16N2O4/c1-10(2,3)16-9(14)12-7-5-15-4-6(7)11-8(12)13/h6-7H,4-5H2,1-3H3,(H,11,13). The summed E-state index contributed by atoms with van der Waals surface area (Å²) in [6.07, 6.45) is -0.608. The molecule has 0 radical (unpaired) electrons. The molecule has 6 heteroatoms. The first-order chi connectivity index (χ1) is 7.38. The number of fused-ring (bicyclic) bond motifs is 1. The van der Waals surface area contributed by atoms with Crippen LogP contribution in [0.4, 0.5) is 9.59 Å². The van der Waals surface area contributed by atoms with Crippen molar-refractivity contribution >= 4 is 12.1 Å². The summed E-state index contributed by atoms with van der Waals surface area (Å²) >= 11 is 0. The largest absolute Gasteiger partial charge is 0.443 e. The van der Waals surface area contributed by atoms with Crippen LogP contribution in [-0.4, -0.2) is 47.9 Å². The Morgan fingerprint density at radius 3 is 2.81 bits per heavy atom. The molecule has 0 aromatic carbocycles. The first-order valence-electron chi connectivity index (χ1n) is 5.29. The molecule has 16 heavy (non-hydrogen) atoms. The van der Waals surface area contributed by atoms with E-state index in [0.29, 0.717) is 13.2 Å². The third-order valence-corrected chi connectivity index (χ3v) is 2.50. The third kappa shape index (κ3) is 1.97. The molecule has 2 saturated heterocycles. The second-order valence-electron chi connectivity index (χ2n) is 5.01. The molecule has 0 spiro atoms. The smallest absolute Gasteiger partial charge is 0.418 e. The van der Waals surface area contributed by atoms with Crippen molar-refractivity contribution in [3.63, 3.8) is 0 Å².